The number of hydrogen-bond acceptors (Lipinski definition) is 7. The third kappa shape index (κ3) is 3.17. The van der Waals surface area contributed by atoms with E-state index >= 15 is 0 Å². The van der Waals surface area contributed by atoms with Gasteiger partial charge < -0.3 is 0 Å². The van der Waals surface area contributed by atoms with Crippen molar-refractivity contribution in [1.29, 1.82) is 0 Å². The van der Waals surface area contributed by atoms with Crippen LogP contribution in [-0.4, -0.2) is 30.3 Å². The van der Waals surface area contributed by atoms with E-state index in [4.69, 9.17) is 0 Å². The summed E-state index contributed by atoms with van der Waals surface area (Å²) in [5.41, 5.74) is 2.28. The van der Waals surface area contributed by atoms with Crippen LogP contribution in [0.3, 0.4) is 0 Å². The van der Waals surface area contributed by atoms with E-state index in [0.29, 0.717) is 28.7 Å². The minimum absolute atomic E-state index is 0.0630. The first-order chi connectivity index (χ1) is 12.5. The van der Waals surface area contributed by atoms with Gasteiger partial charge in [0.25, 0.3) is 11.5 Å². The summed E-state index contributed by atoms with van der Waals surface area (Å²) in [5, 5.41) is 15.7. The third-order valence-corrected chi connectivity index (χ3v) is 5.17. The number of non-ortho nitro benzene ring substituents is 1. The molecule has 0 saturated heterocycles. The number of carbonyl (C=O) groups excluding carboxylic acids is 1. The molecular formula is C17H15N5O3S. The predicted octanol–water partition coefficient (Wildman–Crippen LogP) is 3.09. The molecule has 0 amide bonds. The first-order valence-corrected chi connectivity index (χ1v) is 9.14. The van der Waals surface area contributed by atoms with Crippen molar-refractivity contribution in [3.05, 3.63) is 57.4 Å². The van der Waals surface area contributed by atoms with E-state index in [9.17, 15) is 14.9 Å². The minimum Gasteiger partial charge on any atom is -0.294 e. The number of hydrogen-bond donors (Lipinski definition) is 0. The lowest BCUT2D eigenvalue weighted by atomic mass is 9.88. The van der Waals surface area contributed by atoms with E-state index in [1.807, 2.05) is 13.0 Å². The number of nitro benzene ring substituents is 1. The van der Waals surface area contributed by atoms with E-state index < -0.39 is 4.92 Å². The molecule has 0 bridgehead atoms. The molecule has 0 saturated carbocycles. The van der Waals surface area contributed by atoms with Gasteiger partial charge in [-0.1, -0.05) is 30.8 Å². The molecule has 0 radical (unpaired) electrons. The van der Waals surface area contributed by atoms with Gasteiger partial charge in [0.05, 0.1) is 16.2 Å². The molecule has 8 nitrogen and oxygen atoms in total. The van der Waals surface area contributed by atoms with Crippen molar-refractivity contribution < 1.29 is 9.72 Å². The number of nitrogens with zero attached hydrogens (tertiary/aromatic N) is 5. The molecule has 3 aromatic rings. The topological polar surface area (TPSA) is 103 Å². The monoisotopic (exact) mass is 369 g/mol. The second-order valence-corrected chi connectivity index (χ2v) is 7.34. The quantitative estimate of drug-likeness (QED) is 0.395. The van der Waals surface area contributed by atoms with Gasteiger partial charge in [-0.05, 0) is 17.9 Å². The Kier molecular flexibility index (Phi) is 4.15. The van der Waals surface area contributed by atoms with Gasteiger partial charge in [0.2, 0.25) is 5.16 Å². The van der Waals surface area contributed by atoms with Crippen LogP contribution in [0.15, 0.2) is 35.6 Å². The lowest BCUT2D eigenvalue weighted by molar-refractivity contribution is -0.384. The molecule has 26 heavy (non-hydrogen) atoms. The lowest BCUT2D eigenvalue weighted by Crippen LogP contribution is -2.20. The number of aromatic nitrogens is 4. The van der Waals surface area contributed by atoms with E-state index in [0.717, 1.165) is 17.7 Å². The van der Waals surface area contributed by atoms with Crippen LogP contribution in [0.5, 0.6) is 0 Å². The molecule has 1 unspecified atom stereocenters. The summed E-state index contributed by atoms with van der Waals surface area (Å²) < 4.78 is 1.53. The average molecular weight is 369 g/mol. The van der Waals surface area contributed by atoms with Crippen LogP contribution in [0.1, 0.15) is 35.0 Å². The van der Waals surface area contributed by atoms with Crippen molar-refractivity contribution >= 4 is 29.0 Å². The largest absolute Gasteiger partial charge is 0.294 e. The molecule has 0 N–H and O–H groups in total. The summed E-state index contributed by atoms with van der Waals surface area (Å²) in [6.07, 6.45) is 3.00. The standard InChI is InChI=1S/C17H15N5O3S/c1-10-5-14-13(15(23)6-10)8-21-16(18-14)19-17(20-21)26-9-11-3-2-4-12(7-11)22(24)25/h2-4,7-8,10H,5-6,9H2,1H3. The molecule has 1 aliphatic carbocycles. The molecule has 2 heterocycles. The summed E-state index contributed by atoms with van der Waals surface area (Å²) in [6, 6.07) is 6.49. The van der Waals surface area contributed by atoms with Crippen molar-refractivity contribution in [1.82, 2.24) is 19.6 Å². The highest BCUT2D eigenvalue weighted by molar-refractivity contribution is 7.98. The van der Waals surface area contributed by atoms with Crippen LogP contribution in [0.25, 0.3) is 5.78 Å². The Morgan fingerprint density at radius 3 is 3.00 bits per heavy atom. The number of thioether (sulfide) groups is 1. The third-order valence-electron chi connectivity index (χ3n) is 4.26. The van der Waals surface area contributed by atoms with Crippen molar-refractivity contribution in [2.45, 2.75) is 30.7 Å². The predicted molar refractivity (Wildman–Crippen MR) is 95.3 cm³/mol. The van der Waals surface area contributed by atoms with Gasteiger partial charge >= 0.3 is 0 Å². The van der Waals surface area contributed by atoms with E-state index in [1.165, 1.54) is 22.3 Å². The van der Waals surface area contributed by atoms with Gasteiger partial charge in [-0.2, -0.15) is 4.98 Å². The molecule has 4 rings (SSSR count). The fourth-order valence-electron chi connectivity index (χ4n) is 3.02. The zero-order valence-corrected chi connectivity index (χ0v) is 14.8. The Morgan fingerprint density at radius 1 is 1.35 bits per heavy atom. The Bertz CT molecular complexity index is 1030. The number of fused-ring (bicyclic) bond motifs is 2. The molecule has 0 fully saturated rings. The normalized spacial score (nSPS) is 16.7. The fraction of sp³-hybridized carbons (Fsp3) is 0.294. The van der Waals surface area contributed by atoms with Crippen molar-refractivity contribution in [2.24, 2.45) is 5.92 Å². The maximum absolute atomic E-state index is 12.2. The van der Waals surface area contributed by atoms with Gasteiger partial charge in [-0.3, -0.25) is 14.9 Å². The minimum atomic E-state index is -0.413. The second-order valence-electron chi connectivity index (χ2n) is 6.39. The van der Waals surface area contributed by atoms with Gasteiger partial charge in [-0.15, -0.1) is 5.10 Å². The number of Topliss-reactive ketones (excluding diaryl/α,β-unsaturated/α-hetero) is 1. The summed E-state index contributed by atoms with van der Waals surface area (Å²) in [7, 11) is 0. The van der Waals surface area contributed by atoms with Crippen molar-refractivity contribution in [3.63, 3.8) is 0 Å². The first kappa shape index (κ1) is 16.6. The SMILES string of the molecule is CC1CC(=O)c2cn3nc(SCc4cccc([N+](=O)[O-])c4)nc3nc2C1. The lowest BCUT2D eigenvalue weighted by Gasteiger charge is -2.18. The van der Waals surface area contributed by atoms with Crippen molar-refractivity contribution in [2.75, 3.05) is 0 Å². The molecule has 1 aromatic carbocycles. The molecular weight excluding hydrogens is 354 g/mol. The van der Waals surface area contributed by atoms with Gasteiger partial charge in [0.15, 0.2) is 5.78 Å². The molecule has 2 aromatic heterocycles. The summed E-state index contributed by atoms with van der Waals surface area (Å²) in [6.45, 7) is 2.04. The van der Waals surface area contributed by atoms with Crippen LogP contribution >= 0.6 is 11.8 Å². The highest BCUT2D eigenvalue weighted by Crippen LogP contribution is 2.26. The van der Waals surface area contributed by atoms with Crippen LogP contribution in [0.4, 0.5) is 5.69 Å². The van der Waals surface area contributed by atoms with Gasteiger partial charge in [0, 0.05) is 30.5 Å². The fourth-order valence-corrected chi connectivity index (χ4v) is 3.79. The average Bonchev–Trinajstić information content (AvgIpc) is 3.00. The smallest absolute Gasteiger partial charge is 0.269 e. The zero-order chi connectivity index (χ0) is 18.3. The maximum atomic E-state index is 12.2. The number of rotatable bonds is 4. The van der Waals surface area contributed by atoms with E-state index in [1.54, 1.807) is 18.3 Å². The summed E-state index contributed by atoms with van der Waals surface area (Å²) >= 11 is 1.37. The first-order valence-electron chi connectivity index (χ1n) is 8.15. The molecule has 132 valence electrons. The zero-order valence-electron chi connectivity index (χ0n) is 14.0. The Morgan fingerprint density at radius 2 is 2.19 bits per heavy atom. The highest BCUT2D eigenvalue weighted by atomic mass is 32.2. The Labute approximate surface area is 152 Å². The van der Waals surface area contributed by atoms with Gasteiger partial charge in [-0.25, -0.2) is 9.50 Å². The molecule has 9 heteroatoms. The molecule has 0 spiro atoms. The van der Waals surface area contributed by atoms with Crippen LogP contribution in [0, 0.1) is 16.0 Å². The van der Waals surface area contributed by atoms with Crippen LogP contribution in [0.2, 0.25) is 0 Å². The van der Waals surface area contributed by atoms with Crippen LogP contribution in [-0.2, 0) is 12.2 Å². The van der Waals surface area contributed by atoms with Crippen LogP contribution < -0.4 is 0 Å². The Balaban J connectivity index is 1.57. The van der Waals surface area contributed by atoms with Crippen molar-refractivity contribution in [3.8, 4) is 0 Å². The summed E-state index contributed by atoms with van der Waals surface area (Å²) in [4.78, 5) is 31.5. The molecule has 1 aliphatic rings. The maximum Gasteiger partial charge on any atom is 0.269 e. The second kappa shape index (κ2) is 6.49. The molecule has 0 aliphatic heterocycles. The number of ketones is 1. The van der Waals surface area contributed by atoms with Gasteiger partial charge in [0.1, 0.15) is 0 Å². The molecule has 1 atom stereocenters. The number of carbonyl (C=O) groups is 1. The Hall–Kier alpha value is -2.81. The number of nitro groups is 1. The van der Waals surface area contributed by atoms with E-state index in [-0.39, 0.29) is 17.4 Å². The van der Waals surface area contributed by atoms with E-state index in [2.05, 4.69) is 15.1 Å². The number of benzene rings is 1. The highest BCUT2D eigenvalue weighted by Gasteiger charge is 2.25. The summed E-state index contributed by atoms with van der Waals surface area (Å²) in [5.74, 6) is 1.35.